The van der Waals surface area contributed by atoms with Crippen molar-refractivity contribution in [3.63, 3.8) is 0 Å². The van der Waals surface area contributed by atoms with Crippen LogP contribution in [0.1, 0.15) is 44.9 Å². The fourth-order valence-electron chi connectivity index (χ4n) is 2.63. The molecule has 0 heterocycles. The number of hydrogen-bond donors (Lipinski definition) is 9. The molecule has 0 aromatic rings. The first-order chi connectivity index (χ1) is 17.4. The minimum absolute atomic E-state index is 0.0430. The lowest BCUT2D eigenvalue weighted by Gasteiger charge is -2.19. The van der Waals surface area contributed by atoms with E-state index in [0.29, 0.717) is 25.7 Å². The van der Waals surface area contributed by atoms with E-state index in [1.165, 1.54) is 0 Å². The first kappa shape index (κ1) is 35.3. The van der Waals surface area contributed by atoms with E-state index in [1.54, 1.807) is 0 Å². The van der Waals surface area contributed by atoms with E-state index in [4.69, 9.17) is 56.9 Å². The quantitative estimate of drug-likeness (QED) is 0.0412. The van der Waals surface area contributed by atoms with Gasteiger partial charge in [-0.2, -0.15) is 0 Å². The molecule has 0 radical (unpaired) electrons. The number of carbonyl (C=O) groups excluding carboxylic acids is 2. The summed E-state index contributed by atoms with van der Waals surface area (Å²) in [6, 6.07) is -1.27. The minimum atomic E-state index is -1.27. The molecule has 37 heavy (non-hydrogen) atoms. The molecule has 21 heteroatoms. The summed E-state index contributed by atoms with van der Waals surface area (Å²) in [6.07, 6.45) is -0.751. The van der Waals surface area contributed by atoms with Gasteiger partial charge in [-0.25, -0.2) is 19.4 Å². The van der Waals surface area contributed by atoms with Crippen LogP contribution in [0, 0.1) is 0 Å². The zero-order chi connectivity index (χ0) is 28.2. The molecule has 0 saturated heterocycles. The lowest BCUT2D eigenvalue weighted by molar-refractivity contribution is -0.527. The monoisotopic (exact) mass is 553 g/mol. The van der Waals surface area contributed by atoms with E-state index in [2.05, 4.69) is 19.4 Å². The third-order valence-corrected chi connectivity index (χ3v) is 4.28. The Morgan fingerprint density at radius 2 is 1.08 bits per heavy atom. The van der Waals surface area contributed by atoms with Crippen molar-refractivity contribution >= 4 is 11.9 Å². The van der Waals surface area contributed by atoms with Crippen LogP contribution in [0.4, 0.5) is 0 Å². The maximum absolute atomic E-state index is 11.9. The van der Waals surface area contributed by atoms with Crippen LogP contribution in [-0.2, 0) is 38.4 Å². The van der Waals surface area contributed by atoms with Crippen molar-refractivity contribution in [1.29, 1.82) is 0 Å². The predicted octanol–water partition coefficient (Wildman–Crippen LogP) is -1.08. The van der Waals surface area contributed by atoms with Gasteiger partial charge in [0, 0.05) is 0 Å². The maximum atomic E-state index is 11.9. The molecule has 0 fully saturated rings. The summed E-state index contributed by atoms with van der Waals surface area (Å²) >= 11 is 0. The second kappa shape index (κ2) is 21.2. The number of nitrogens with zero attached hydrogens (tertiary/aromatic N) is 4. The third-order valence-electron chi connectivity index (χ3n) is 4.28. The van der Waals surface area contributed by atoms with Crippen LogP contribution in [0.5, 0.6) is 0 Å². The van der Waals surface area contributed by atoms with Crippen LogP contribution in [-0.4, -0.2) is 120 Å². The van der Waals surface area contributed by atoms with Crippen molar-refractivity contribution in [3.05, 3.63) is 0 Å². The average Bonchev–Trinajstić information content (AvgIpc) is 2.79. The van der Waals surface area contributed by atoms with Gasteiger partial charge in [0.1, 0.15) is 31.5 Å². The molecule has 0 rings (SSSR count). The number of esters is 2. The normalized spacial score (nSPS) is 14.4. The second-order valence-electron chi connectivity index (χ2n) is 7.25. The lowest BCUT2D eigenvalue weighted by atomic mass is 10.1. The molecule has 0 aliphatic heterocycles. The third kappa shape index (κ3) is 22.0. The summed E-state index contributed by atoms with van der Waals surface area (Å²) in [5.74, 6) is -1.60. The van der Waals surface area contributed by atoms with Crippen LogP contribution in [0.15, 0.2) is 0 Å². The van der Waals surface area contributed by atoms with Gasteiger partial charge in [0.15, 0.2) is 0 Å². The van der Waals surface area contributed by atoms with Crippen LogP contribution >= 0.6 is 0 Å². The van der Waals surface area contributed by atoms with Crippen molar-refractivity contribution < 1.29 is 80.1 Å². The van der Waals surface area contributed by atoms with E-state index < -0.39 is 71.4 Å². The topological polar surface area (TPSA) is 290 Å². The van der Waals surface area contributed by atoms with Crippen LogP contribution in [0.25, 0.3) is 0 Å². The Bertz CT molecular complexity index is 602. The van der Waals surface area contributed by atoms with Gasteiger partial charge in [-0.1, -0.05) is 0 Å². The van der Waals surface area contributed by atoms with Gasteiger partial charge < -0.3 is 15.2 Å². The van der Waals surface area contributed by atoms with Gasteiger partial charge in [-0.15, -0.1) is 0 Å². The average molecular weight is 553 g/mol. The summed E-state index contributed by atoms with van der Waals surface area (Å²) < 4.78 is 9.91. The SMILES string of the molecule is NC(CC(=O)OCCCCC(CON(O)O)ON(O)O)C(=O)OCCCCC(CON(O)O)ON(O)O. The van der Waals surface area contributed by atoms with Crippen molar-refractivity contribution in [3.8, 4) is 0 Å². The molecule has 0 aliphatic rings. The van der Waals surface area contributed by atoms with E-state index in [1.807, 2.05) is 0 Å². The van der Waals surface area contributed by atoms with Gasteiger partial charge >= 0.3 is 11.9 Å². The van der Waals surface area contributed by atoms with Gasteiger partial charge in [0.25, 0.3) is 0 Å². The summed E-state index contributed by atoms with van der Waals surface area (Å²) in [4.78, 5) is 41.5. The van der Waals surface area contributed by atoms with Crippen molar-refractivity contribution in [2.75, 3.05) is 26.4 Å². The molecule has 21 nitrogen and oxygen atoms in total. The number of ether oxygens (including phenoxy) is 2. The highest BCUT2D eigenvalue weighted by Gasteiger charge is 2.21. The largest absolute Gasteiger partial charge is 0.466 e. The maximum Gasteiger partial charge on any atom is 0.323 e. The molecule has 10 N–H and O–H groups in total. The van der Waals surface area contributed by atoms with Crippen LogP contribution in [0.2, 0.25) is 0 Å². The highest BCUT2D eigenvalue weighted by Crippen LogP contribution is 2.09. The first-order valence-corrected chi connectivity index (χ1v) is 10.8. The first-order valence-electron chi connectivity index (χ1n) is 10.8. The minimum Gasteiger partial charge on any atom is -0.466 e. The van der Waals surface area contributed by atoms with Crippen molar-refractivity contribution in [1.82, 2.24) is 21.6 Å². The number of hydrogen-bond acceptors (Lipinski definition) is 21. The molecule has 0 bridgehead atoms. The number of carbonyl (C=O) groups is 2. The molecule has 0 aromatic heterocycles. The fourth-order valence-corrected chi connectivity index (χ4v) is 2.63. The zero-order valence-electron chi connectivity index (χ0n) is 19.7. The molecular formula is C16H35N5O16. The molecular weight excluding hydrogens is 518 g/mol. The van der Waals surface area contributed by atoms with Crippen molar-refractivity contribution in [2.24, 2.45) is 5.73 Å². The molecule has 0 aliphatic carbocycles. The predicted molar refractivity (Wildman–Crippen MR) is 106 cm³/mol. The van der Waals surface area contributed by atoms with Gasteiger partial charge in [-0.05, 0) is 38.5 Å². The van der Waals surface area contributed by atoms with E-state index in [-0.39, 0.29) is 26.1 Å². The Morgan fingerprint density at radius 1 is 0.649 bits per heavy atom. The van der Waals surface area contributed by atoms with Crippen molar-refractivity contribution in [2.45, 2.75) is 63.2 Å². The Hall–Kier alpha value is -1.74. The van der Waals surface area contributed by atoms with Crippen LogP contribution < -0.4 is 5.73 Å². The molecule has 3 unspecified atom stereocenters. The van der Waals surface area contributed by atoms with E-state index >= 15 is 0 Å². The zero-order valence-corrected chi connectivity index (χ0v) is 19.7. The van der Waals surface area contributed by atoms with Crippen LogP contribution in [0.3, 0.4) is 0 Å². The molecule has 0 saturated carbocycles. The fraction of sp³-hybridized carbons (Fsp3) is 0.875. The molecule has 220 valence electrons. The van der Waals surface area contributed by atoms with E-state index in [0.717, 1.165) is 0 Å². The molecule has 0 aromatic carbocycles. The Labute approximate surface area is 209 Å². The Morgan fingerprint density at radius 3 is 1.49 bits per heavy atom. The summed E-state index contributed by atoms with van der Waals surface area (Å²) in [6.45, 7) is -0.977. The molecule has 0 spiro atoms. The smallest absolute Gasteiger partial charge is 0.323 e. The van der Waals surface area contributed by atoms with Gasteiger partial charge in [0.2, 0.25) is 0 Å². The number of nitrogens with two attached hydrogens (primary N) is 1. The van der Waals surface area contributed by atoms with Gasteiger partial charge in [-0.3, -0.25) is 51.2 Å². The van der Waals surface area contributed by atoms with Gasteiger partial charge in [0.05, 0.1) is 41.2 Å². The lowest BCUT2D eigenvalue weighted by Crippen LogP contribution is -2.35. The Kier molecular flexibility index (Phi) is 20.2. The standard InChI is InChI=1S/C16H35N5O16/c17-14(16(23)33-8-4-2-6-13(37-21(30)31)11-35-19(26)27)9-15(22)32-7-3-1-5-12(36-20(28)29)10-34-18(24)25/h12-14,24-31H,1-11,17H2. The van der Waals surface area contributed by atoms with E-state index in [9.17, 15) is 9.59 Å². The highest BCUT2D eigenvalue weighted by atomic mass is 17.1. The second-order valence-corrected chi connectivity index (χ2v) is 7.25. The molecule has 0 amide bonds. The molecule has 3 atom stereocenters. The number of rotatable bonds is 23. The summed E-state index contributed by atoms with van der Waals surface area (Å²) in [5.41, 5.74) is 5.63. The summed E-state index contributed by atoms with van der Waals surface area (Å²) in [5, 5.41) is 66.4. The highest BCUT2D eigenvalue weighted by molar-refractivity contribution is 5.82. The number of unbranched alkanes of at least 4 members (excludes halogenated alkanes) is 2. The summed E-state index contributed by atoms with van der Waals surface area (Å²) in [7, 11) is 0. The Balaban J connectivity index is 4.06.